The smallest absolute Gasteiger partial charge is 0.330 e. The van der Waals surface area contributed by atoms with E-state index in [1.54, 1.807) is 0 Å². The molecule has 2 nitrogen and oxygen atoms in total. The lowest BCUT2D eigenvalue weighted by molar-refractivity contribution is -0.134. The highest BCUT2D eigenvalue weighted by Gasteiger charge is 2.28. The zero-order chi connectivity index (χ0) is 12.3. The van der Waals surface area contributed by atoms with E-state index in [2.05, 4.69) is 44.9 Å². The van der Waals surface area contributed by atoms with Gasteiger partial charge in [0.05, 0.1) is 7.11 Å². The second kappa shape index (κ2) is 5.50. The molecular formula is C14H15BrO2. The molecule has 0 aliphatic heterocycles. The largest absolute Gasteiger partial charge is 0.466 e. The molecule has 1 aromatic carbocycles. The van der Waals surface area contributed by atoms with Crippen molar-refractivity contribution in [3.8, 4) is 0 Å². The number of rotatable bonds is 3. The Kier molecular flexibility index (Phi) is 4.00. The van der Waals surface area contributed by atoms with Crippen LogP contribution >= 0.6 is 15.9 Å². The van der Waals surface area contributed by atoms with Crippen molar-refractivity contribution in [1.29, 1.82) is 0 Å². The minimum atomic E-state index is -0.267. The minimum absolute atomic E-state index is 0.267. The third-order valence-corrected chi connectivity index (χ3v) is 3.75. The molecule has 1 saturated carbocycles. The summed E-state index contributed by atoms with van der Waals surface area (Å²) in [5.41, 5.74) is 1.39. The van der Waals surface area contributed by atoms with E-state index in [4.69, 9.17) is 0 Å². The summed E-state index contributed by atoms with van der Waals surface area (Å²) in [4.78, 5) is 10.9. The molecule has 17 heavy (non-hydrogen) atoms. The van der Waals surface area contributed by atoms with Gasteiger partial charge in [-0.3, -0.25) is 0 Å². The van der Waals surface area contributed by atoms with Crippen molar-refractivity contribution in [2.45, 2.75) is 18.8 Å². The number of benzene rings is 1. The number of hydrogen-bond acceptors (Lipinski definition) is 2. The van der Waals surface area contributed by atoms with Crippen molar-refractivity contribution in [1.82, 2.24) is 0 Å². The first-order valence-corrected chi connectivity index (χ1v) is 6.50. The Hall–Kier alpha value is -1.09. The van der Waals surface area contributed by atoms with Gasteiger partial charge in [0.15, 0.2) is 0 Å². The van der Waals surface area contributed by atoms with Crippen LogP contribution in [0.1, 0.15) is 24.3 Å². The van der Waals surface area contributed by atoms with Crippen molar-refractivity contribution in [2.75, 3.05) is 7.11 Å². The lowest BCUT2D eigenvalue weighted by Gasteiger charge is -2.33. The molecule has 0 radical (unpaired) electrons. The van der Waals surface area contributed by atoms with Crippen molar-refractivity contribution < 1.29 is 9.53 Å². The summed E-state index contributed by atoms with van der Waals surface area (Å²) in [6, 6.07) is 8.48. The van der Waals surface area contributed by atoms with Gasteiger partial charge < -0.3 is 4.74 Å². The van der Waals surface area contributed by atoms with Crippen LogP contribution in [0.4, 0.5) is 0 Å². The van der Waals surface area contributed by atoms with Crippen LogP contribution in [0.15, 0.2) is 40.9 Å². The molecule has 0 aromatic heterocycles. The fourth-order valence-electron chi connectivity index (χ4n) is 2.11. The molecule has 1 fully saturated rings. The molecule has 90 valence electrons. The lowest BCUT2D eigenvalue weighted by Crippen LogP contribution is -2.20. The van der Waals surface area contributed by atoms with Crippen molar-refractivity contribution in [3.63, 3.8) is 0 Å². The highest BCUT2D eigenvalue weighted by molar-refractivity contribution is 9.10. The first-order valence-electron chi connectivity index (χ1n) is 5.70. The summed E-state index contributed by atoms with van der Waals surface area (Å²) >= 11 is 3.43. The van der Waals surface area contributed by atoms with E-state index < -0.39 is 0 Å². The van der Waals surface area contributed by atoms with Crippen LogP contribution in [0.5, 0.6) is 0 Å². The van der Waals surface area contributed by atoms with E-state index in [0.717, 1.165) is 17.3 Å². The molecule has 0 heterocycles. The number of carbonyl (C=O) groups is 1. The first kappa shape index (κ1) is 12.4. The standard InChI is InChI=1S/C14H15BrO2/c1-17-14(16)7-2-10-8-12(9-10)11-3-5-13(15)6-4-11/h2-7,10,12H,8-9H2,1H3/b7-2+. The summed E-state index contributed by atoms with van der Waals surface area (Å²) in [7, 11) is 1.40. The van der Waals surface area contributed by atoms with E-state index in [1.807, 2.05) is 6.08 Å². The molecule has 0 spiro atoms. The molecule has 1 aromatic rings. The summed E-state index contributed by atoms with van der Waals surface area (Å²) in [5, 5.41) is 0. The number of allylic oxidation sites excluding steroid dienone is 1. The van der Waals surface area contributed by atoms with E-state index in [1.165, 1.54) is 18.7 Å². The Morgan fingerprint density at radius 2 is 2.00 bits per heavy atom. The van der Waals surface area contributed by atoms with Crippen LogP contribution in [0.25, 0.3) is 0 Å². The Labute approximate surface area is 110 Å². The molecular weight excluding hydrogens is 280 g/mol. The molecule has 0 amide bonds. The van der Waals surface area contributed by atoms with Gasteiger partial charge in [-0.1, -0.05) is 34.1 Å². The van der Waals surface area contributed by atoms with Gasteiger partial charge >= 0.3 is 5.97 Å². The highest BCUT2D eigenvalue weighted by atomic mass is 79.9. The molecule has 1 aliphatic carbocycles. The van der Waals surface area contributed by atoms with E-state index in [-0.39, 0.29) is 5.97 Å². The van der Waals surface area contributed by atoms with Crippen molar-refractivity contribution in [3.05, 3.63) is 46.5 Å². The van der Waals surface area contributed by atoms with E-state index >= 15 is 0 Å². The van der Waals surface area contributed by atoms with Crippen molar-refractivity contribution in [2.24, 2.45) is 5.92 Å². The van der Waals surface area contributed by atoms with Crippen molar-refractivity contribution >= 4 is 21.9 Å². The van der Waals surface area contributed by atoms with Gasteiger partial charge in [0, 0.05) is 10.5 Å². The predicted molar refractivity (Wildman–Crippen MR) is 70.8 cm³/mol. The maximum atomic E-state index is 10.9. The van der Waals surface area contributed by atoms with Gasteiger partial charge in [0.2, 0.25) is 0 Å². The molecule has 0 unspecified atom stereocenters. The second-order valence-electron chi connectivity index (χ2n) is 4.36. The predicted octanol–water partition coefficient (Wildman–Crippen LogP) is 3.67. The van der Waals surface area contributed by atoms with Crippen LogP contribution in [0.3, 0.4) is 0 Å². The lowest BCUT2D eigenvalue weighted by atomic mass is 9.71. The zero-order valence-corrected chi connectivity index (χ0v) is 11.3. The fraction of sp³-hybridized carbons (Fsp3) is 0.357. The Morgan fingerprint density at radius 3 is 2.59 bits per heavy atom. The number of esters is 1. The minimum Gasteiger partial charge on any atom is -0.466 e. The van der Waals surface area contributed by atoms with Crippen LogP contribution in [-0.2, 0) is 9.53 Å². The first-order chi connectivity index (χ1) is 8.19. The van der Waals surface area contributed by atoms with E-state index in [9.17, 15) is 4.79 Å². The van der Waals surface area contributed by atoms with Crippen LogP contribution in [0.2, 0.25) is 0 Å². The Bertz CT molecular complexity index is 416. The van der Waals surface area contributed by atoms with Crippen LogP contribution in [-0.4, -0.2) is 13.1 Å². The number of halogens is 1. The average Bonchev–Trinajstić information content (AvgIpc) is 2.29. The molecule has 0 atom stereocenters. The third kappa shape index (κ3) is 3.19. The van der Waals surface area contributed by atoms with Gasteiger partial charge in [0.25, 0.3) is 0 Å². The van der Waals surface area contributed by atoms with Gasteiger partial charge in [-0.15, -0.1) is 0 Å². The highest BCUT2D eigenvalue weighted by Crippen LogP contribution is 2.42. The fourth-order valence-corrected chi connectivity index (χ4v) is 2.37. The molecule has 3 heteroatoms. The molecule has 0 bridgehead atoms. The average molecular weight is 295 g/mol. The summed E-state index contributed by atoms with van der Waals surface area (Å²) in [5.74, 6) is 0.884. The molecule has 1 aliphatic rings. The van der Waals surface area contributed by atoms with Crippen LogP contribution < -0.4 is 0 Å². The monoisotopic (exact) mass is 294 g/mol. The second-order valence-corrected chi connectivity index (χ2v) is 5.28. The topological polar surface area (TPSA) is 26.3 Å². The normalized spacial score (nSPS) is 23.4. The summed E-state index contributed by atoms with van der Waals surface area (Å²) in [6.07, 6.45) is 5.73. The van der Waals surface area contributed by atoms with Gasteiger partial charge in [-0.05, 0) is 42.4 Å². The Morgan fingerprint density at radius 1 is 1.35 bits per heavy atom. The van der Waals surface area contributed by atoms with Gasteiger partial charge in [0.1, 0.15) is 0 Å². The summed E-state index contributed by atoms with van der Waals surface area (Å²) < 4.78 is 5.68. The summed E-state index contributed by atoms with van der Waals surface area (Å²) in [6.45, 7) is 0. The Balaban J connectivity index is 1.84. The number of methoxy groups -OCH3 is 1. The molecule has 0 saturated heterocycles. The number of hydrogen-bond donors (Lipinski definition) is 0. The molecule has 0 N–H and O–H groups in total. The van der Waals surface area contributed by atoms with Gasteiger partial charge in [-0.25, -0.2) is 4.79 Å². The van der Waals surface area contributed by atoms with Crippen LogP contribution in [0, 0.1) is 5.92 Å². The SMILES string of the molecule is COC(=O)/C=C/C1CC(c2ccc(Br)cc2)C1. The van der Waals surface area contributed by atoms with E-state index in [0.29, 0.717) is 11.8 Å². The maximum absolute atomic E-state index is 10.9. The maximum Gasteiger partial charge on any atom is 0.330 e. The zero-order valence-electron chi connectivity index (χ0n) is 9.73. The van der Waals surface area contributed by atoms with Gasteiger partial charge in [-0.2, -0.15) is 0 Å². The number of ether oxygens (including phenoxy) is 1. The quantitative estimate of drug-likeness (QED) is 0.628. The number of carbonyl (C=O) groups excluding carboxylic acids is 1. The molecule has 2 rings (SSSR count). The third-order valence-electron chi connectivity index (χ3n) is 3.22.